The number of carbonyl (C=O) groups is 2. The van der Waals surface area contributed by atoms with Gasteiger partial charge >= 0.3 is 12.0 Å². The Balaban J connectivity index is 2.01. The van der Waals surface area contributed by atoms with Gasteiger partial charge in [0.05, 0.1) is 11.7 Å². The second kappa shape index (κ2) is 5.92. The predicted octanol–water partition coefficient (Wildman–Crippen LogP) is 1.62. The molecule has 2 unspecified atom stereocenters. The number of carbonyl (C=O) groups excluding carboxylic acids is 1. The van der Waals surface area contributed by atoms with Crippen LogP contribution in [0.2, 0.25) is 0 Å². The zero-order valence-corrected chi connectivity index (χ0v) is 11.2. The third-order valence-corrected chi connectivity index (χ3v) is 3.57. The maximum absolute atomic E-state index is 12.1. The van der Waals surface area contributed by atoms with Gasteiger partial charge in [-0.25, -0.2) is 9.59 Å². The molecule has 108 valence electrons. The van der Waals surface area contributed by atoms with Crippen LogP contribution in [-0.4, -0.2) is 46.3 Å². The first kappa shape index (κ1) is 14.3. The predicted molar refractivity (Wildman–Crippen MR) is 73.8 cm³/mol. The number of carboxylic acids is 1. The van der Waals surface area contributed by atoms with Crippen LogP contribution in [0.15, 0.2) is 24.3 Å². The number of anilines is 1. The number of aromatic carboxylic acids is 1. The highest BCUT2D eigenvalue weighted by molar-refractivity contribution is 5.93. The average Bonchev–Trinajstić information content (AvgIpc) is 2.42. The number of carboxylic acid groups (broad SMARTS) is 1. The fourth-order valence-corrected chi connectivity index (χ4v) is 2.17. The van der Waals surface area contributed by atoms with E-state index < -0.39 is 12.1 Å². The Labute approximate surface area is 117 Å². The van der Waals surface area contributed by atoms with E-state index >= 15 is 0 Å². The number of hydrogen-bond donors (Lipinski definition) is 3. The minimum atomic E-state index is -1.04. The van der Waals surface area contributed by atoms with E-state index in [-0.39, 0.29) is 17.5 Å². The van der Waals surface area contributed by atoms with Crippen LogP contribution < -0.4 is 5.32 Å². The van der Waals surface area contributed by atoms with Crippen LogP contribution in [0.4, 0.5) is 10.5 Å². The number of nitrogens with one attached hydrogen (secondary N) is 1. The van der Waals surface area contributed by atoms with Gasteiger partial charge in [0, 0.05) is 18.8 Å². The standard InChI is InChI=1S/C14H18N2O4/c1-9-5-6-16(8-12(9)17)14(20)15-11-4-2-3-10(7-11)13(18)19/h2-4,7,9,12,17H,5-6,8H2,1H3,(H,15,20)(H,18,19). The summed E-state index contributed by atoms with van der Waals surface area (Å²) in [5.41, 5.74) is 0.554. The molecule has 1 fully saturated rings. The van der Waals surface area contributed by atoms with Gasteiger partial charge in [-0.2, -0.15) is 0 Å². The number of hydrogen-bond acceptors (Lipinski definition) is 3. The molecule has 20 heavy (non-hydrogen) atoms. The number of urea groups is 1. The molecule has 3 N–H and O–H groups in total. The number of rotatable bonds is 2. The van der Waals surface area contributed by atoms with Crippen molar-refractivity contribution in [1.29, 1.82) is 0 Å². The monoisotopic (exact) mass is 278 g/mol. The van der Waals surface area contributed by atoms with Crippen LogP contribution in [0.1, 0.15) is 23.7 Å². The Morgan fingerprint density at radius 1 is 1.40 bits per heavy atom. The highest BCUT2D eigenvalue weighted by atomic mass is 16.4. The molecular weight excluding hydrogens is 260 g/mol. The van der Waals surface area contributed by atoms with Gasteiger partial charge in [0.2, 0.25) is 0 Å². The molecule has 1 heterocycles. The van der Waals surface area contributed by atoms with E-state index in [1.54, 1.807) is 12.1 Å². The van der Waals surface area contributed by atoms with E-state index in [9.17, 15) is 14.7 Å². The van der Waals surface area contributed by atoms with Gasteiger partial charge < -0.3 is 20.4 Å². The molecule has 2 amide bonds. The molecule has 2 rings (SSSR count). The summed E-state index contributed by atoms with van der Waals surface area (Å²) in [6.07, 6.45) is 0.240. The van der Waals surface area contributed by atoms with Crippen molar-refractivity contribution in [2.45, 2.75) is 19.4 Å². The lowest BCUT2D eigenvalue weighted by Crippen LogP contribution is -2.47. The molecule has 0 saturated carbocycles. The Bertz CT molecular complexity index is 518. The lowest BCUT2D eigenvalue weighted by Gasteiger charge is -2.34. The number of piperidine rings is 1. The Morgan fingerprint density at radius 3 is 2.80 bits per heavy atom. The molecule has 0 bridgehead atoms. The zero-order chi connectivity index (χ0) is 14.7. The number of β-amino-alcohol motifs (C(OH)–C–C–N with tert-alkyl or cyclic N) is 1. The maximum atomic E-state index is 12.1. The van der Waals surface area contributed by atoms with E-state index in [1.165, 1.54) is 17.0 Å². The van der Waals surface area contributed by atoms with Gasteiger partial charge in [0.25, 0.3) is 0 Å². The van der Waals surface area contributed by atoms with Gasteiger partial charge in [0.1, 0.15) is 0 Å². The molecule has 1 aliphatic heterocycles. The quantitative estimate of drug-likeness (QED) is 0.766. The number of nitrogens with zero attached hydrogens (tertiary/aromatic N) is 1. The lowest BCUT2D eigenvalue weighted by atomic mass is 9.96. The molecule has 1 aromatic rings. The SMILES string of the molecule is CC1CCN(C(=O)Nc2cccc(C(=O)O)c2)CC1O. The van der Waals surface area contributed by atoms with E-state index in [1.807, 2.05) is 6.92 Å². The summed E-state index contributed by atoms with van der Waals surface area (Å²) >= 11 is 0. The van der Waals surface area contributed by atoms with Crippen molar-refractivity contribution < 1.29 is 19.8 Å². The summed E-state index contributed by atoms with van der Waals surface area (Å²) in [5.74, 6) is -0.849. The second-order valence-electron chi connectivity index (χ2n) is 5.10. The first-order chi connectivity index (χ1) is 9.47. The van der Waals surface area contributed by atoms with Crippen molar-refractivity contribution in [2.75, 3.05) is 18.4 Å². The molecule has 0 spiro atoms. The highest BCUT2D eigenvalue weighted by Crippen LogP contribution is 2.18. The molecular formula is C14H18N2O4. The third kappa shape index (κ3) is 3.27. The number of aliphatic hydroxyl groups is 1. The highest BCUT2D eigenvalue weighted by Gasteiger charge is 2.27. The minimum absolute atomic E-state index is 0.120. The largest absolute Gasteiger partial charge is 0.478 e. The number of amides is 2. The topological polar surface area (TPSA) is 89.9 Å². The van der Waals surface area contributed by atoms with Crippen molar-refractivity contribution in [1.82, 2.24) is 4.90 Å². The molecule has 6 heteroatoms. The van der Waals surface area contributed by atoms with Crippen molar-refractivity contribution in [3.63, 3.8) is 0 Å². The van der Waals surface area contributed by atoms with Crippen LogP contribution >= 0.6 is 0 Å². The molecule has 0 radical (unpaired) electrons. The molecule has 6 nitrogen and oxygen atoms in total. The number of likely N-dealkylation sites (tertiary alicyclic amines) is 1. The lowest BCUT2D eigenvalue weighted by molar-refractivity contribution is 0.0464. The van der Waals surface area contributed by atoms with Crippen LogP contribution in [0.5, 0.6) is 0 Å². The van der Waals surface area contributed by atoms with Crippen molar-refractivity contribution >= 4 is 17.7 Å². The van der Waals surface area contributed by atoms with Crippen molar-refractivity contribution in [3.05, 3.63) is 29.8 Å². The van der Waals surface area contributed by atoms with E-state index in [2.05, 4.69) is 5.32 Å². The van der Waals surface area contributed by atoms with Crippen LogP contribution in [0.25, 0.3) is 0 Å². The minimum Gasteiger partial charge on any atom is -0.478 e. The van der Waals surface area contributed by atoms with Gasteiger partial charge in [0.15, 0.2) is 0 Å². The van der Waals surface area contributed by atoms with Gasteiger partial charge in [-0.05, 0) is 30.5 Å². The first-order valence-electron chi connectivity index (χ1n) is 6.54. The van der Waals surface area contributed by atoms with Gasteiger partial charge in [-0.1, -0.05) is 13.0 Å². The smallest absolute Gasteiger partial charge is 0.335 e. The van der Waals surface area contributed by atoms with Crippen molar-refractivity contribution in [2.24, 2.45) is 5.92 Å². The summed E-state index contributed by atoms with van der Waals surface area (Å²) in [4.78, 5) is 24.5. The van der Waals surface area contributed by atoms with E-state index in [0.717, 1.165) is 6.42 Å². The van der Waals surface area contributed by atoms with Crippen LogP contribution in [0.3, 0.4) is 0 Å². The molecule has 0 aromatic heterocycles. The van der Waals surface area contributed by atoms with E-state index in [0.29, 0.717) is 18.8 Å². The number of aliphatic hydroxyl groups excluding tert-OH is 1. The maximum Gasteiger partial charge on any atom is 0.335 e. The fraction of sp³-hybridized carbons (Fsp3) is 0.429. The van der Waals surface area contributed by atoms with Gasteiger partial charge in [-0.3, -0.25) is 0 Å². The molecule has 0 aliphatic carbocycles. The third-order valence-electron chi connectivity index (χ3n) is 3.57. The molecule has 1 saturated heterocycles. The van der Waals surface area contributed by atoms with Crippen LogP contribution in [0, 0.1) is 5.92 Å². The summed E-state index contributed by atoms with van der Waals surface area (Å²) in [7, 11) is 0. The van der Waals surface area contributed by atoms with Gasteiger partial charge in [-0.15, -0.1) is 0 Å². The second-order valence-corrected chi connectivity index (χ2v) is 5.10. The Kier molecular flexibility index (Phi) is 4.24. The first-order valence-corrected chi connectivity index (χ1v) is 6.54. The fourth-order valence-electron chi connectivity index (χ4n) is 2.17. The molecule has 1 aliphatic rings. The summed E-state index contributed by atoms with van der Waals surface area (Å²) in [6.45, 7) is 2.84. The molecule has 1 aromatic carbocycles. The van der Waals surface area contributed by atoms with Crippen molar-refractivity contribution in [3.8, 4) is 0 Å². The van der Waals surface area contributed by atoms with E-state index in [4.69, 9.17) is 5.11 Å². The summed E-state index contributed by atoms with van der Waals surface area (Å²) < 4.78 is 0. The van der Waals surface area contributed by atoms with Crippen LogP contribution in [-0.2, 0) is 0 Å². The summed E-state index contributed by atoms with van der Waals surface area (Å²) in [5, 5.41) is 21.3. The zero-order valence-electron chi connectivity index (χ0n) is 11.2. The normalized spacial score (nSPS) is 22.4. The summed E-state index contributed by atoms with van der Waals surface area (Å²) in [6, 6.07) is 5.76. The molecule has 2 atom stereocenters. The number of benzene rings is 1. The Morgan fingerprint density at radius 2 is 2.15 bits per heavy atom. The Hall–Kier alpha value is -2.08. The average molecular weight is 278 g/mol.